The van der Waals surface area contributed by atoms with Crippen LogP contribution >= 0.6 is 0 Å². The molecule has 0 spiro atoms. The van der Waals surface area contributed by atoms with E-state index in [-0.39, 0.29) is 18.1 Å². The number of rotatable bonds is 10. The van der Waals surface area contributed by atoms with Gasteiger partial charge in [0, 0.05) is 29.4 Å². The van der Waals surface area contributed by atoms with Gasteiger partial charge in [0.25, 0.3) is 5.91 Å². The fourth-order valence-electron chi connectivity index (χ4n) is 2.23. The molecule has 2 rings (SSSR count). The number of nitrogens with one attached hydrogen (secondary N) is 1. The maximum atomic E-state index is 12.3. The Balaban J connectivity index is 1.91. The van der Waals surface area contributed by atoms with Crippen LogP contribution < -0.4 is 24.3 Å². The van der Waals surface area contributed by atoms with Crippen molar-refractivity contribution in [3.8, 4) is 23.0 Å². The number of hydrogen-bond acceptors (Lipinski definition) is 7. The summed E-state index contributed by atoms with van der Waals surface area (Å²) < 4.78 is 44.2. The van der Waals surface area contributed by atoms with Crippen molar-refractivity contribution >= 4 is 17.8 Å². The normalized spacial score (nSPS) is 10.7. The van der Waals surface area contributed by atoms with E-state index in [0.717, 1.165) is 0 Å². The summed E-state index contributed by atoms with van der Waals surface area (Å²) in [6.45, 7) is -3.31. The number of methoxy groups -OCH3 is 3. The van der Waals surface area contributed by atoms with Gasteiger partial charge in [0.2, 0.25) is 0 Å². The second-order valence-corrected chi connectivity index (χ2v) is 5.45. The molecule has 156 valence electrons. The lowest BCUT2D eigenvalue weighted by Gasteiger charge is -2.10. The number of ether oxygens (including phenoxy) is 4. The molecule has 10 heteroatoms. The Morgan fingerprint density at radius 3 is 2.31 bits per heavy atom. The summed E-state index contributed by atoms with van der Waals surface area (Å²) in [4.78, 5) is 16.9. The fraction of sp³-hybridized carbons (Fsp3) is 0.263. The highest BCUT2D eigenvalue weighted by atomic mass is 19.3. The molecular weight excluding hydrogens is 390 g/mol. The third-order valence-electron chi connectivity index (χ3n) is 3.51. The highest BCUT2D eigenvalue weighted by Gasteiger charge is 2.11. The Morgan fingerprint density at radius 2 is 1.72 bits per heavy atom. The van der Waals surface area contributed by atoms with E-state index in [0.29, 0.717) is 22.7 Å². The van der Waals surface area contributed by atoms with Crippen molar-refractivity contribution in [2.75, 3.05) is 33.3 Å². The molecule has 0 saturated carbocycles. The molecule has 1 amide bonds. The lowest BCUT2D eigenvalue weighted by Crippen LogP contribution is -2.17. The summed E-state index contributed by atoms with van der Waals surface area (Å²) in [7, 11) is 4.32. The first-order chi connectivity index (χ1) is 13.9. The van der Waals surface area contributed by atoms with Crippen LogP contribution in [0.4, 0.5) is 14.5 Å². The van der Waals surface area contributed by atoms with E-state index in [1.54, 1.807) is 18.2 Å². The number of nitrogens with zero attached hydrogens (tertiary/aromatic N) is 1. The van der Waals surface area contributed by atoms with Crippen LogP contribution in [0.3, 0.4) is 0 Å². The Morgan fingerprint density at radius 1 is 1.03 bits per heavy atom. The highest BCUT2D eigenvalue weighted by molar-refractivity contribution is 5.92. The second-order valence-electron chi connectivity index (χ2n) is 5.45. The van der Waals surface area contributed by atoms with E-state index in [4.69, 9.17) is 19.0 Å². The second kappa shape index (κ2) is 10.7. The number of amides is 1. The van der Waals surface area contributed by atoms with Crippen molar-refractivity contribution in [2.24, 2.45) is 5.16 Å². The third kappa shape index (κ3) is 6.83. The van der Waals surface area contributed by atoms with Gasteiger partial charge in [-0.15, -0.1) is 0 Å². The number of alkyl halides is 2. The molecule has 0 heterocycles. The largest absolute Gasteiger partial charge is 0.497 e. The van der Waals surface area contributed by atoms with Crippen molar-refractivity contribution in [1.82, 2.24) is 0 Å². The van der Waals surface area contributed by atoms with Crippen molar-refractivity contribution in [2.45, 2.75) is 6.61 Å². The van der Waals surface area contributed by atoms with Crippen LogP contribution in [0.2, 0.25) is 0 Å². The lowest BCUT2D eigenvalue weighted by atomic mass is 10.2. The number of benzene rings is 2. The van der Waals surface area contributed by atoms with Gasteiger partial charge in [0.15, 0.2) is 18.1 Å². The average Bonchev–Trinajstić information content (AvgIpc) is 2.71. The van der Waals surface area contributed by atoms with E-state index < -0.39 is 12.5 Å². The first-order valence-corrected chi connectivity index (χ1v) is 8.26. The molecule has 29 heavy (non-hydrogen) atoms. The highest BCUT2D eigenvalue weighted by Crippen LogP contribution is 2.29. The molecule has 0 saturated heterocycles. The molecular formula is C19H20F2N2O6. The molecule has 0 unspecified atom stereocenters. The van der Waals surface area contributed by atoms with Gasteiger partial charge in [0.05, 0.1) is 27.5 Å². The number of anilines is 1. The van der Waals surface area contributed by atoms with Crippen LogP contribution in [-0.2, 0) is 9.63 Å². The van der Waals surface area contributed by atoms with Crippen LogP contribution in [0.1, 0.15) is 5.56 Å². The first-order valence-electron chi connectivity index (χ1n) is 8.26. The molecule has 0 aliphatic carbocycles. The zero-order chi connectivity index (χ0) is 21.2. The van der Waals surface area contributed by atoms with Gasteiger partial charge < -0.3 is 29.1 Å². The van der Waals surface area contributed by atoms with Gasteiger partial charge >= 0.3 is 6.61 Å². The Bertz CT molecular complexity index is 838. The van der Waals surface area contributed by atoms with Gasteiger partial charge in [-0.1, -0.05) is 5.16 Å². The molecule has 0 atom stereocenters. The van der Waals surface area contributed by atoms with Gasteiger partial charge in [-0.3, -0.25) is 4.79 Å². The van der Waals surface area contributed by atoms with Gasteiger partial charge in [-0.2, -0.15) is 8.78 Å². The van der Waals surface area contributed by atoms with Gasteiger partial charge in [0.1, 0.15) is 11.5 Å². The Labute approximate surface area is 166 Å². The minimum Gasteiger partial charge on any atom is -0.497 e. The zero-order valence-electron chi connectivity index (χ0n) is 16.0. The van der Waals surface area contributed by atoms with Crippen molar-refractivity contribution in [3.63, 3.8) is 0 Å². The SMILES string of the molecule is COc1cc(NC(=O)CO/N=C/c2ccc(OC(F)F)c(OC)c2)cc(OC)c1. The van der Waals surface area contributed by atoms with E-state index in [2.05, 4.69) is 15.2 Å². The first kappa shape index (κ1) is 21.7. The standard InChI is InChI=1S/C19H20F2N2O6/c1-25-14-7-13(8-15(9-14)26-2)23-18(24)11-28-22-10-12-4-5-16(29-19(20)21)17(6-12)27-3/h4-10,19H,11H2,1-3H3,(H,23,24)/b22-10+. The molecule has 0 aliphatic rings. The minimum absolute atomic E-state index is 0.103. The summed E-state index contributed by atoms with van der Waals surface area (Å²) in [6, 6.07) is 9.15. The maximum Gasteiger partial charge on any atom is 0.387 e. The monoisotopic (exact) mass is 410 g/mol. The minimum atomic E-state index is -2.96. The van der Waals surface area contributed by atoms with Crippen molar-refractivity contribution in [1.29, 1.82) is 0 Å². The van der Waals surface area contributed by atoms with Gasteiger partial charge in [-0.05, 0) is 18.2 Å². The molecule has 2 aromatic carbocycles. The smallest absolute Gasteiger partial charge is 0.387 e. The lowest BCUT2D eigenvalue weighted by molar-refractivity contribution is -0.120. The topological polar surface area (TPSA) is 87.6 Å². The van der Waals surface area contributed by atoms with Crippen LogP contribution in [0, 0.1) is 0 Å². The molecule has 0 fully saturated rings. The van der Waals surface area contributed by atoms with Gasteiger partial charge in [-0.25, -0.2) is 0 Å². The number of halogens is 2. The number of hydrogen-bond donors (Lipinski definition) is 1. The van der Waals surface area contributed by atoms with E-state index in [1.807, 2.05) is 0 Å². The van der Waals surface area contributed by atoms with Crippen LogP contribution in [0.5, 0.6) is 23.0 Å². The Kier molecular flexibility index (Phi) is 8.01. The Hall–Kier alpha value is -3.56. The fourth-order valence-corrected chi connectivity index (χ4v) is 2.23. The van der Waals surface area contributed by atoms with Crippen LogP contribution in [0.25, 0.3) is 0 Å². The summed E-state index contributed by atoms with van der Waals surface area (Å²) in [6.07, 6.45) is 1.30. The van der Waals surface area contributed by atoms with Crippen LogP contribution in [0.15, 0.2) is 41.6 Å². The van der Waals surface area contributed by atoms with Crippen molar-refractivity contribution < 1.29 is 37.4 Å². The van der Waals surface area contributed by atoms with Crippen molar-refractivity contribution in [3.05, 3.63) is 42.0 Å². The molecule has 1 N–H and O–H groups in total. The summed E-state index contributed by atoms with van der Waals surface area (Å²) in [5.41, 5.74) is 0.972. The van der Waals surface area contributed by atoms with Crippen LogP contribution in [-0.4, -0.2) is 46.7 Å². The zero-order valence-corrected chi connectivity index (χ0v) is 16.0. The summed E-state index contributed by atoms with van der Waals surface area (Å²) in [5.74, 6) is 0.599. The average molecular weight is 410 g/mol. The predicted octanol–water partition coefficient (Wildman–Crippen LogP) is 3.30. The molecule has 0 bridgehead atoms. The quantitative estimate of drug-likeness (QED) is 0.478. The summed E-state index contributed by atoms with van der Waals surface area (Å²) in [5, 5.41) is 6.31. The molecule has 2 aromatic rings. The maximum absolute atomic E-state index is 12.3. The number of carbonyl (C=O) groups excluding carboxylic acids is 1. The van der Waals surface area contributed by atoms with E-state index in [9.17, 15) is 13.6 Å². The predicted molar refractivity (Wildman–Crippen MR) is 101 cm³/mol. The van der Waals surface area contributed by atoms with E-state index in [1.165, 1.54) is 45.7 Å². The molecule has 0 aromatic heterocycles. The third-order valence-corrected chi connectivity index (χ3v) is 3.51. The molecule has 8 nitrogen and oxygen atoms in total. The number of oxime groups is 1. The summed E-state index contributed by atoms with van der Waals surface area (Å²) >= 11 is 0. The van der Waals surface area contributed by atoms with E-state index >= 15 is 0 Å². The molecule has 0 radical (unpaired) electrons. The molecule has 0 aliphatic heterocycles. The number of carbonyl (C=O) groups is 1.